The predicted molar refractivity (Wildman–Crippen MR) is 100 cm³/mol. The minimum atomic E-state index is -0.426. The lowest BCUT2D eigenvalue weighted by atomic mass is 9.88. The molecular weight excluding hydrogens is 330 g/mol. The Labute approximate surface area is 152 Å². The van der Waals surface area contributed by atoms with Crippen molar-refractivity contribution in [2.45, 2.75) is 32.2 Å². The zero-order chi connectivity index (χ0) is 18.7. The summed E-state index contributed by atoms with van der Waals surface area (Å²) in [5, 5.41) is 10.9. The number of aryl methyl sites for hydroxylation is 1. The van der Waals surface area contributed by atoms with Crippen LogP contribution in [0.2, 0.25) is 0 Å². The van der Waals surface area contributed by atoms with Crippen molar-refractivity contribution in [1.29, 1.82) is 0 Å². The molecule has 0 aromatic heterocycles. The molecule has 6 heteroatoms. The highest BCUT2D eigenvalue weighted by molar-refractivity contribution is 5.94. The molecule has 2 aromatic carbocycles. The maximum Gasteiger partial charge on any atom is 0.272 e. The number of piperidine rings is 1. The van der Waals surface area contributed by atoms with E-state index >= 15 is 0 Å². The molecule has 1 aliphatic rings. The fraction of sp³-hybridized carbons (Fsp3) is 0.350. The van der Waals surface area contributed by atoms with Crippen molar-refractivity contribution < 1.29 is 9.72 Å². The molecule has 3 rings (SSSR count). The second kappa shape index (κ2) is 7.66. The number of benzene rings is 2. The first kappa shape index (κ1) is 18.1. The Hall–Kier alpha value is -2.73. The average Bonchev–Trinajstić information content (AvgIpc) is 2.67. The zero-order valence-electron chi connectivity index (χ0n) is 14.9. The highest BCUT2D eigenvalue weighted by atomic mass is 16.6. The summed E-state index contributed by atoms with van der Waals surface area (Å²) in [6, 6.07) is 12.9. The summed E-state index contributed by atoms with van der Waals surface area (Å²) < 4.78 is 0. The Bertz CT molecular complexity index is 827. The van der Waals surface area contributed by atoms with Crippen LogP contribution in [0.4, 0.5) is 5.69 Å². The van der Waals surface area contributed by atoms with Gasteiger partial charge in [-0.15, -0.1) is 0 Å². The third-order valence-electron chi connectivity index (χ3n) is 5.08. The van der Waals surface area contributed by atoms with Crippen LogP contribution in [-0.2, 0) is 6.54 Å². The molecular formula is C20H23N3O3. The molecule has 1 fully saturated rings. The van der Waals surface area contributed by atoms with Gasteiger partial charge >= 0.3 is 0 Å². The average molecular weight is 353 g/mol. The van der Waals surface area contributed by atoms with Crippen LogP contribution in [0.1, 0.15) is 45.8 Å². The molecule has 1 saturated heterocycles. The number of nitro benzene ring substituents is 1. The van der Waals surface area contributed by atoms with Crippen LogP contribution >= 0.6 is 0 Å². The predicted octanol–water partition coefficient (Wildman–Crippen LogP) is 3.38. The van der Waals surface area contributed by atoms with Crippen LogP contribution in [0.25, 0.3) is 0 Å². The van der Waals surface area contributed by atoms with Gasteiger partial charge in [-0.3, -0.25) is 14.9 Å². The van der Waals surface area contributed by atoms with Crippen LogP contribution in [0.3, 0.4) is 0 Å². The van der Waals surface area contributed by atoms with E-state index in [4.69, 9.17) is 5.73 Å². The molecule has 0 aliphatic carbocycles. The largest absolute Gasteiger partial charge is 0.339 e. The third-order valence-corrected chi connectivity index (χ3v) is 5.08. The van der Waals surface area contributed by atoms with E-state index in [1.165, 1.54) is 11.6 Å². The molecule has 2 aromatic rings. The number of hydrogen-bond donors (Lipinski definition) is 1. The third kappa shape index (κ3) is 3.75. The maximum absolute atomic E-state index is 12.7. The summed E-state index contributed by atoms with van der Waals surface area (Å²) in [4.78, 5) is 25.1. The van der Waals surface area contributed by atoms with Crippen molar-refractivity contribution in [3.05, 3.63) is 74.8 Å². The molecule has 26 heavy (non-hydrogen) atoms. The summed E-state index contributed by atoms with van der Waals surface area (Å²) in [6.45, 7) is 3.56. The fourth-order valence-electron chi connectivity index (χ4n) is 3.57. The molecule has 0 bridgehead atoms. The minimum Gasteiger partial charge on any atom is -0.339 e. The first-order valence-corrected chi connectivity index (χ1v) is 8.83. The van der Waals surface area contributed by atoms with Gasteiger partial charge in [-0.1, -0.05) is 24.3 Å². The first-order chi connectivity index (χ1) is 12.5. The van der Waals surface area contributed by atoms with E-state index in [9.17, 15) is 14.9 Å². The number of likely N-dealkylation sites (tertiary alicyclic amines) is 1. The van der Waals surface area contributed by atoms with Gasteiger partial charge in [0.05, 0.1) is 4.92 Å². The standard InChI is InChI=1S/C20H23N3O3/c1-14-11-18(5-6-19(14)23(25)26)20(24)22-9-7-16(8-10-22)17-4-2-3-15(12-17)13-21/h2-6,11-12,16H,7-10,13,21H2,1H3. The second-order valence-corrected chi connectivity index (χ2v) is 6.77. The summed E-state index contributed by atoms with van der Waals surface area (Å²) in [6.07, 6.45) is 1.82. The van der Waals surface area contributed by atoms with Crippen molar-refractivity contribution in [2.75, 3.05) is 13.1 Å². The van der Waals surface area contributed by atoms with Crippen LogP contribution < -0.4 is 5.73 Å². The van der Waals surface area contributed by atoms with E-state index in [2.05, 4.69) is 12.1 Å². The quantitative estimate of drug-likeness (QED) is 0.674. The van der Waals surface area contributed by atoms with Gasteiger partial charge in [-0.25, -0.2) is 0 Å². The number of nitrogens with two attached hydrogens (primary N) is 1. The van der Waals surface area contributed by atoms with Crippen molar-refractivity contribution >= 4 is 11.6 Å². The molecule has 6 nitrogen and oxygen atoms in total. The van der Waals surface area contributed by atoms with Gasteiger partial charge in [0.25, 0.3) is 11.6 Å². The summed E-state index contributed by atoms with van der Waals surface area (Å²) in [5.41, 5.74) is 9.19. The number of carbonyl (C=O) groups is 1. The van der Waals surface area contributed by atoms with Crippen molar-refractivity contribution in [3.8, 4) is 0 Å². The van der Waals surface area contributed by atoms with Crippen molar-refractivity contribution in [3.63, 3.8) is 0 Å². The van der Waals surface area contributed by atoms with Crippen molar-refractivity contribution in [2.24, 2.45) is 5.73 Å². The molecule has 1 amide bonds. The zero-order valence-corrected chi connectivity index (χ0v) is 14.9. The van der Waals surface area contributed by atoms with Gasteiger partial charge in [0.2, 0.25) is 0 Å². The lowest BCUT2D eigenvalue weighted by Gasteiger charge is -2.32. The summed E-state index contributed by atoms with van der Waals surface area (Å²) >= 11 is 0. The van der Waals surface area contributed by atoms with E-state index in [0.717, 1.165) is 18.4 Å². The molecule has 2 N–H and O–H groups in total. The normalized spacial score (nSPS) is 15.1. The molecule has 0 saturated carbocycles. The monoisotopic (exact) mass is 353 g/mol. The summed E-state index contributed by atoms with van der Waals surface area (Å²) in [5.74, 6) is 0.376. The molecule has 136 valence electrons. The van der Waals surface area contributed by atoms with Crippen LogP contribution in [-0.4, -0.2) is 28.8 Å². The SMILES string of the molecule is Cc1cc(C(=O)N2CCC(c3cccc(CN)c3)CC2)ccc1[N+](=O)[O-]. The highest BCUT2D eigenvalue weighted by Crippen LogP contribution is 2.29. The lowest BCUT2D eigenvalue weighted by Crippen LogP contribution is -2.38. The Morgan fingerprint density at radius 1 is 1.23 bits per heavy atom. The van der Waals surface area contributed by atoms with Crippen LogP contribution in [0.5, 0.6) is 0 Å². The van der Waals surface area contributed by atoms with E-state index in [-0.39, 0.29) is 11.6 Å². The smallest absolute Gasteiger partial charge is 0.272 e. The van der Waals surface area contributed by atoms with E-state index in [1.54, 1.807) is 19.1 Å². The van der Waals surface area contributed by atoms with Crippen molar-refractivity contribution in [1.82, 2.24) is 4.90 Å². The number of carbonyl (C=O) groups excluding carboxylic acids is 1. The first-order valence-electron chi connectivity index (χ1n) is 8.83. The molecule has 0 spiro atoms. The Balaban J connectivity index is 1.66. The molecule has 0 atom stereocenters. The lowest BCUT2D eigenvalue weighted by molar-refractivity contribution is -0.385. The number of nitrogens with zero attached hydrogens (tertiary/aromatic N) is 2. The van der Waals surface area contributed by atoms with Crippen LogP contribution in [0.15, 0.2) is 42.5 Å². The Morgan fingerprint density at radius 3 is 2.58 bits per heavy atom. The summed E-state index contributed by atoms with van der Waals surface area (Å²) in [7, 11) is 0. The van der Waals surface area contributed by atoms with Gasteiger partial charge in [0.1, 0.15) is 0 Å². The molecule has 0 unspecified atom stereocenters. The fourth-order valence-corrected chi connectivity index (χ4v) is 3.57. The molecule has 0 radical (unpaired) electrons. The number of hydrogen-bond acceptors (Lipinski definition) is 4. The Morgan fingerprint density at radius 2 is 1.96 bits per heavy atom. The van der Waals surface area contributed by atoms with Gasteiger partial charge < -0.3 is 10.6 Å². The minimum absolute atomic E-state index is 0.0417. The number of nitro groups is 1. The Kier molecular flexibility index (Phi) is 5.32. The maximum atomic E-state index is 12.7. The molecule has 1 heterocycles. The van der Waals surface area contributed by atoms with Crippen LogP contribution in [0, 0.1) is 17.0 Å². The topological polar surface area (TPSA) is 89.5 Å². The highest BCUT2D eigenvalue weighted by Gasteiger charge is 2.25. The number of rotatable bonds is 4. The van der Waals surface area contributed by atoms with Gasteiger partial charge in [-0.2, -0.15) is 0 Å². The number of amides is 1. The van der Waals surface area contributed by atoms with Gasteiger partial charge in [0.15, 0.2) is 0 Å². The van der Waals surface area contributed by atoms with E-state index in [1.807, 2.05) is 17.0 Å². The molecule has 1 aliphatic heterocycles. The van der Waals surface area contributed by atoms with Gasteiger partial charge in [-0.05, 0) is 48.9 Å². The van der Waals surface area contributed by atoms with Gasteiger partial charge in [0, 0.05) is 36.8 Å². The second-order valence-electron chi connectivity index (χ2n) is 6.77. The van der Waals surface area contributed by atoms with E-state index in [0.29, 0.717) is 36.7 Å². The van der Waals surface area contributed by atoms with E-state index < -0.39 is 4.92 Å².